The van der Waals surface area contributed by atoms with E-state index >= 15 is 0 Å². The molecule has 1 aliphatic carbocycles. The summed E-state index contributed by atoms with van der Waals surface area (Å²) in [7, 11) is 0. The topological polar surface area (TPSA) is 30.9 Å². The Morgan fingerprint density at radius 2 is 2.17 bits per heavy atom. The van der Waals surface area contributed by atoms with Crippen molar-refractivity contribution in [2.75, 3.05) is 0 Å². The first-order valence-corrected chi connectivity index (χ1v) is 7.53. The van der Waals surface area contributed by atoms with E-state index in [4.69, 9.17) is 17.3 Å². The van der Waals surface area contributed by atoms with Gasteiger partial charge in [0.1, 0.15) is 0 Å². The quantitative estimate of drug-likeness (QED) is 0.752. The molecule has 0 fully saturated rings. The first-order chi connectivity index (χ1) is 8.66. The van der Waals surface area contributed by atoms with E-state index in [1.807, 2.05) is 12.1 Å². The molecule has 0 radical (unpaired) electrons. The van der Waals surface area contributed by atoms with Gasteiger partial charge in [-0.1, -0.05) is 11.6 Å². The highest BCUT2D eigenvalue weighted by Crippen LogP contribution is 2.32. The van der Waals surface area contributed by atoms with Crippen molar-refractivity contribution in [3.8, 4) is 5.69 Å². The van der Waals surface area contributed by atoms with Gasteiger partial charge in [0.15, 0.2) is 0 Å². The highest BCUT2D eigenvalue weighted by atomic mass is 127. The van der Waals surface area contributed by atoms with Crippen LogP contribution in [0, 0.1) is 3.57 Å². The zero-order chi connectivity index (χ0) is 12.7. The molecule has 1 heterocycles. The van der Waals surface area contributed by atoms with Crippen LogP contribution in [0.4, 0.5) is 0 Å². The van der Waals surface area contributed by atoms with Crippen LogP contribution in [0.2, 0.25) is 5.02 Å². The van der Waals surface area contributed by atoms with Crippen molar-refractivity contribution in [3.05, 3.63) is 50.3 Å². The zero-order valence-electron chi connectivity index (χ0n) is 9.87. The van der Waals surface area contributed by atoms with Crippen LogP contribution in [-0.2, 0) is 6.42 Å². The molecule has 2 aromatic rings. The lowest BCUT2D eigenvalue weighted by atomic mass is 9.93. The summed E-state index contributed by atoms with van der Waals surface area (Å²) >= 11 is 8.34. The third-order valence-corrected chi connectivity index (χ3v) is 4.62. The van der Waals surface area contributed by atoms with Gasteiger partial charge in [0, 0.05) is 26.5 Å². The molecule has 4 heteroatoms. The maximum Gasteiger partial charge on any atom is 0.0586 e. The van der Waals surface area contributed by atoms with Gasteiger partial charge in [-0.2, -0.15) is 0 Å². The van der Waals surface area contributed by atoms with Crippen LogP contribution >= 0.6 is 34.2 Å². The molecule has 18 heavy (non-hydrogen) atoms. The van der Waals surface area contributed by atoms with Crippen LogP contribution in [-0.4, -0.2) is 4.57 Å². The molecular formula is C14H14ClIN2. The van der Waals surface area contributed by atoms with Gasteiger partial charge in [0.2, 0.25) is 0 Å². The second-order valence-corrected chi connectivity index (χ2v) is 6.28. The van der Waals surface area contributed by atoms with E-state index < -0.39 is 0 Å². The molecule has 0 aliphatic heterocycles. The second kappa shape index (κ2) is 4.87. The average molecular weight is 373 g/mol. The van der Waals surface area contributed by atoms with Gasteiger partial charge in [0.05, 0.1) is 5.69 Å². The number of halogens is 2. The van der Waals surface area contributed by atoms with Crippen LogP contribution in [0.3, 0.4) is 0 Å². The van der Waals surface area contributed by atoms with Gasteiger partial charge >= 0.3 is 0 Å². The molecule has 1 aromatic carbocycles. The lowest BCUT2D eigenvalue weighted by Crippen LogP contribution is -2.18. The van der Waals surface area contributed by atoms with E-state index in [2.05, 4.69) is 45.5 Å². The summed E-state index contributed by atoms with van der Waals surface area (Å²) in [5, 5.41) is 0.779. The number of hydrogen-bond donors (Lipinski definition) is 1. The predicted octanol–water partition coefficient (Wildman–Crippen LogP) is 4.07. The molecule has 2 N–H and O–H groups in total. The smallest absolute Gasteiger partial charge is 0.0586 e. The Bertz CT molecular complexity index is 591. The van der Waals surface area contributed by atoms with Gasteiger partial charge < -0.3 is 10.3 Å². The van der Waals surface area contributed by atoms with E-state index in [0.29, 0.717) is 0 Å². The Balaban J connectivity index is 2.12. The fraction of sp³-hybridized carbons (Fsp3) is 0.286. The maximum atomic E-state index is 6.16. The maximum absolute atomic E-state index is 6.16. The van der Waals surface area contributed by atoms with Gasteiger partial charge in [-0.15, -0.1) is 0 Å². The van der Waals surface area contributed by atoms with E-state index in [0.717, 1.165) is 21.4 Å². The zero-order valence-corrected chi connectivity index (χ0v) is 12.8. The Hall–Kier alpha value is -0.520. The summed E-state index contributed by atoms with van der Waals surface area (Å²) in [4.78, 5) is 0. The molecule has 94 valence electrons. The molecule has 1 aliphatic rings. The Morgan fingerprint density at radius 1 is 1.33 bits per heavy atom. The molecular weight excluding hydrogens is 359 g/mol. The molecule has 1 aromatic heterocycles. The molecule has 1 unspecified atom stereocenters. The molecule has 2 nitrogen and oxygen atoms in total. The van der Waals surface area contributed by atoms with Gasteiger partial charge in [-0.3, -0.25) is 0 Å². The molecule has 0 saturated carbocycles. The number of nitrogens with two attached hydrogens (primary N) is 1. The van der Waals surface area contributed by atoms with Crippen LogP contribution in [0.1, 0.15) is 30.1 Å². The number of benzene rings is 1. The number of aromatic nitrogens is 1. The summed E-state index contributed by atoms with van der Waals surface area (Å²) < 4.78 is 3.42. The molecule has 0 bridgehead atoms. The largest absolute Gasteiger partial charge is 0.324 e. The van der Waals surface area contributed by atoms with E-state index in [-0.39, 0.29) is 6.04 Å². The van der Waals surface area contributed by atoms with Crippen molar-refractivity contribution in [3.63, 3.8) is 0 Å². The van der Waals surface area contributed by atoms with E-state index in [1.54, 1.807) is 0 Å². The van der Waals surface area contributed by atoms with E-state index in [9.17, 15) is 0 Å². The van der Waals surface area contributed by atoms with Gasteiger partial charge in [-0.05, 0) is 71.7 Å². The Labute approximate surface area is 125 Å². The fourth-order valence-electron chi connectivity index (χ4n) is 2.63. The van der Waals surface area contributed by atoms with Crippen molar-refractivity contribution in [2.45, 2.75) is 25.3 Å². The first-order valence-electron chi connectivity index (χ1n) is 6.08. The normalized spacial score (nSPS) is 18.7. The monoisotopic (exact) mass is 372 g/mol. The van der Waals surface area contributed by atoms with Crippen LogP contribution in [0.5, 0.6) is 0 Å². The summed E-state index contributed by atoms with van der Waals surface area (Å²) in [5.41, 5.74) is 10.0. The number of rotatable bonds is 1. The molecule has 1 atom stereocenters. The minimum absolute atomic E-state index is 0.194. The fourth-order valence-corrected chi connectivity index (χ4v) is 3.76. The highest BCUT2D eigenvalue weighted by Gasteiger charge is 2.21. The molecule has 3 rings (SSSR count). The summed E-state index contributed by atoms with van der Waals surface area (Å²) in [5.74, 6) is 0. The van der Waals surface area contributed by atoms with Gasteiger partial charge in [-0.25, -0.2) is 0 Å². The second-order valence-electron chi connectivity index (χ2n) is 4.68. The van der Waals surface area contributed by atoms with Crippen molar-refractivity contribution in [1.29, 1.82) is 0 Å². The number of hydrogen-bond acceptors (Lipinski definition) is 1. The highest BCUT2D eigenvalue weighted by molar-refractivity contribution is 14.1. The van der Waals surface area contributed by atoms with Crippen LogP contribution in [0.15, 0.2) is 30.5 Å². The minimum atomic E-state index is 0.194. The standard InChI is InChI=1S/C14H14ClIN2/c15-9-4-5-14(11(16)8-9)18-7-6-10-12(17)2-1-3-13(10)18/h4-8,12H,1-3,17H2. The third kappa shape index (κ3) is 2.08. The number of fused-ring (bicyclic) bond motifs is 1. The minimum Gasteiger partial charge on any atom is -0.324 e. The first kappa shape index (κ1) is 12.5. The average Bonchev–Trinajstić information content (AvgIpc) is 2.74. The van der Waals surface area contributed by atoms with Crippen molar-refractivity contribution >= 4 is 34.2 Å². The SMILES string of the molecule is NC1CCCc2c1ccn2-c1ccc(Cl)cc1I. The summed E-state index contributed by atoms with van der Waals surface area (Å²) in [6.45, 7) is 0. The Morgan fingerprint density at radius 3 is 2.94 bits per heavy atom. The number of nitrogens with zero attached hydrogens (tertiary/aromatic N) is 1. The van der Waals surface area contributed by atoms with Gasteiger partial charge in [0.25, 0.3) is 0 Å². The molecule has 0 saturated heterocycles. The summed E-state index contributed by atoms with van der Waals surface area (Å²) in [6.07, 6.45) is 5.49. The van der Waals surface area contributed by atoms with E-state index in [1.165, 1.54) is 23.4 Å². The molecule has 0 amide bonds. The molecule has 0 spiro atoms. The Kier molecular flexibility index (Phi) is 3.38. The van der Waals surface area contributed by atoms with Crippen molar-refractivity contribution in [2.24, 2.45) is 5.73 Å². The van der Waals surface area contributed by atoms with Crippen LogP contribution < -0.4 is 5.73 Å². The third-order valence-electron chi connectivity index (χ3n) is 3.52. The van der Waals surface area contributed by atoms with Crippen LogP contribution in [0.25, 0.3) is 5.69 Å². The lowest BCUT2D eigenvalue weighted by molar-refractivity contribution is 0.560. The summed E-state index contributed by atoms with van der Waals surface area (Å²) in [6, 6.07) is 8.36. The van der Waals surface area contributed by atoms with Crippen molar-refractivity contribution in [1.82, 2.24) is 4.57 Å². The van der Waals surface area contributed by atoms with Crippen molar-refractivity contribution < 1.29 is 0 Å². The lowest BCUT2D eigenvalue weighted by Gasteiger charge is -2.21. The predicted molar refractivity (Wildman–Crippen MR) is 83.4 cm³/mol.